The molecular formula is C21H17F3N4O3. The number of rotatable bonds is 4. The van der Waals surface area contributed by atoms with Crippen LogP contribution >= 0.6 is 0 Å². The molecule has 1 aliphatic heterocycles. The molecule has 1 aromatic carbocycles. The molecule has 10 heteroatoms. The number of nitrogens with zero attached hydrogens (tertiary/aromatic N) is 3. The first-order valence-corrected chi connectivity index (χ1v) is 9.67. The number of benzene rings is 1. The average Bonchev–Trinajstić information content (AvgIpc) is 3.19. The lowest BCUT2D eigenvalue weighted by Crippen LogP contribution is -2.31. The maximum absolute atomic E-state index is 14.9. The van der Waals surface area contributed by atoms with Gasteiger partial charge in [-0.25, -0.2) is 22.9 Å². The van der Waals surface area contributed by atoms with Gasteiger partial charge in [0.2, 0.25) is 5.43 Å². The average molecular weight is 430 g/mol. The molecule has 1 aliphatic carbocycles. The minimum Gasteiger partial charge on any atom is -0.477 e. The van der Waals surface area contributed by atoms with E-state index in [9.17, 15) is 27.9 Å². The van der Waals surface area contributed by atoms with Crippen molar-refractivity contribution in [1.29, 1.82) is 0 Å². The van der Waals surface area contributed by atoms with Crippen LogP contribution in [0.15, 0.2) is 35.3 Å². The van der Waals surface area contributed by atoms with Crippen LogP contribution in [-0.2, 0) is 0 Å². The number of carbonyl (C=O) groups is 1. The number of aromatic carboxylic acids is 1. The Kier molecular flexibility index (Phi) is 4.30. The number of carboxylic acids is 1. The molecule has 0 amide bonds. The van der Waals surface area contributed by atoms with Crippen molar-refractivity contribution in [2.24, 2.45) is 11.8 Å². The Bertz CT molecular complexity index is 1300. The smallest absolute Gasteiger partial charge is 0.341 e. The second-order valence-electron chi connectivity index (χ2n) is 7.85. The molecule has 5 rings (SSSR count). The molecule has 7 nitrogen and oxygen atoms in total. The zero-order valence-electron chi connectivity index (χ0n) is 16.3. The number of hydrogen-bond donors (Lipinski definition) is 2. The second kappa shape index (κ2) is 6.81. The number of nitrogens with one attached hydrogen (secondary N) is 1. The summed E-state index contributed by atoms with van der Waals surface area (Å²) >= 11 is 0. The first-order chi connectivity index (χ1) is 14.8. The fourth-order valence-corrected chi connectivity index (χ4v) is 4.58. The molecule has 2 fully saturated rings. The summed E-state index contributed by atoms with van der Waals surface area (Å²) in [6.45, 7) is 1.15. The molecule has 0 bridgehead atoms. The molecule has 31 heavy (non-hydrogen) atoms. The summed E-state index contributed by atoms with van der Waals surface area (Å²) in [6, 6.07) is 4.05. The van der Waals surface area contributed by atoms with Crippen LogP contribution in [0.25, 0.3) is 16.7 Å². The maximum atomic E-state index is 14.9. The van der Waals surface area contributed by atoms with Gasteiger partial charge in [-0.15, -0.1) is 0 Å². The summed E-state index contributed by atoms with van der Waals surface area (Å²) in [5.74, 6) is -3.37. The van der Waals surface area contributed by atoms with Crippen molar-refractivity contribution in [2.75, 3.05) is 25.0 Å². The third-order valence-electron chi connectivity index (χ3n) is 6.14. The summed E-state index contributed by atoms with van der Waals surface area (Å²) in [7, 11) is 1.87. The standard InChI is InChI=1S/C21H17F3N4O3/c1-25-17-11-6-27(7-12(11)17)20-15(24)5-10-18(29)13(21(30)31)8-28(19(10)26-20)16-3-2-9(22)4-14(16)23/h2-5,8,11-12,17,25H,6-7H2,1H3,(H,30,31)/t11-,12+,17?. The Balaban J connectivity index is 1.72. The van der Waals surface area contributed by atoms with Gasteiger partial charge in [-0.2, -0.15) is 0 Å². The van der Waals surface area contributed by atoms with Crippen LogP contribution < -0.4 is 15.6 Å². The number of fused-ring (bicyclic) bond motifs is 2. The molecular weight excluding hydrogens is 413 g/mol. The van der Waals surface area contributed by atoms with E-state index in [4.69, 9.17) is 0 Å². The van der Waals surface area contributed by atoms with Gasteiger partial charge in [0.15, 0.2) is 17.3 Å². The van der Waals surface area contributed by atoms with Crippen LogP contribution in [0.1, 0.15) is 10.4 Å². The molecule has 2 aliphatic rings. The van der Waals surface area contributed by atoms with Gasteiger partial charge in [0, 0.05) is 31.4 Å². The molecule has 1 unspecified atom stereocenters. The molecule has 1 saturated carbocycles. The minimum absolute atomic E-state index is 0.00768. The van der Waals surface area contributed by atoms with Gasteiger partial charge < -0.3 is 15.3 Å². The molecule has 3 atom stereocenters. The summed E-state index contributed by atoms with van der Waals surface area (Å²) in [6.07, 6.45) is 0.927. The van der Waals surface area contributed by atoms with Crippen LogP contribution in [-0.4, -0.2) is 46.8 Å². The lowest BCUT2D eigenvalue weighted by Gasteiger charge is -2.22. The molecule has 3 aromatic rings. The third kappa shape index (κ3) is 2.97. The van der Waals surface area contributed by atoms with Crippen molar-refractivity contribution in [1.82, 2.24) is 14.9 Å². The van der Waals surface area contributed by atoms with Crippen LogP contribution in [0, 0.1) is 29.3 Å². The Morgan fingerprint density at radius 2 is 1.87 bits per heavy atom. The van der Waals surface area contributed by atoms with E-state index in [1.165, 1.54) is 0 Å². The fraction of sp³-hybridized carbons (Fsp3) is 0.286. The van der Waals surface area contributed by atoms with E-state index >= 15 is 0 Å². The first kappa shape index (κ1) is 19.6. The highest BCUT2D eigenvalue weighted by molar-refractivity contribution is 5.92. The van der Waals surface area contributed by atoms with Gasteiger partial charge in [0.25, 0.3) is 0 Å². The van der Waals surface area contributed by atoms with Gasteiger partial charge in [0.05, 0.1) is 11.1 Å². The Labute approximate surface area is 173 Å². The Hall–Kier alpha value is -3.40. The highest BCUT2D eigenvalue weighted by Crippen LogP contribution is 2.46. The van der Waals surface area contributed by atoms with Crippen LogP contribution in [0.3, 0.4) is 0 Å². The lowest BCUT2D eigenvalue weighted by molar-refractivity contribution is 0.0695. The van der Waals surface area contributed by atoms with Crippen LogP contribution in [0.4, 0.5) is 19.0 Å². The Morgan fingerprint density at radius 3 is 2.48 bits per heavy atom. The number of anilines is 1. The molecule has 2 aromatic heterocycles. The van der Waals surface area contributed by atoms with Gasteiger partial charge in [-0.05, 0) is 37.1 Å². The topological polar surface area (TPSA) is 87.5 Å². The zero-order chi connectivity index (χ0) is 22.0. The lowest BCUT2D eigenvalue weighted by atomic mass is 10.1. The number of halogens is 3. The first-order valence-electron chi connectivity index (χ1n) is 9.67. The maximum Gasteiger partial charge on any atom is 0.341 e. The number of pyridine rings is 2. The zero-order valence-corrected chi connectivity index (χ0v) is 16.3. The van der Waals surface area contributed by atoms with Gasteiger partial charge in [0.1, 0.15) is 17.2 Å². The van der Waals surface area contributed by atoms with Gasteiger partial charge in [-0.1, -0.05) is 0 Å². The summed E-state index contributed by atoms with van der Waals surface area (Å²) in [5, 5.41) is 12.3. The van der Waals surface area contributed by atoms with E-state index in [1.807, 2.05) is 7.05 Å². The second-order valence-corrected chi connectivity index (χ2v) is 7.85. The highest BCUT2D eigenvalue weighted by atomic mass is 19.1. The molecule has 3 heterocycles. The van der Waals surface area contributed by atoms with E-state index < -0.39 is 34.4 Å². The predicted molar refractivity (Wildman–Crippen MR) is 106 cm³/mol. The van der Waals surface area contributed by atoms with Crippen molar-refractivity contribution < 1.29 is 23.1 Å². The molecule has 1 saturated heterocycles. The summed E-state index contributed by atoms with van der Waals surface area (Å²) < 4.78 is 43.9. The molecule has 0 radical (unpaired) electrons. The quantitative estimate of drug-likeness (QED) is 0.660. The van der Waals surface area contributed by atoms with Crippen LogP contribution in [0.2, 0.25) is 0 Å². The minimum atomic E-state index is -1.55. The fourth-order valence-electron chi connectivity index (χ4n) is 4.58. The monoisotopic (exact) mass is 430 g/mol. The molecule has 160 valence electrons. The molecule has 0 spiro atoms. The summed E-state index contributed by atoms with van der Waals surface area (Å²) in [5.41, 5.74) is -1.93. The Morgan fingerprint density at radius 1 is 1.16 bits per heavy atom. The predicted octanol–water partition coefficient (Wildman–Crippen LogP) is 2.16. The van der Waals surface area contributed by atoms with Gasteiger partial charge in [-0.3, -0.25) is 9.36 Å². The van der Waals surface area contributed by atoms with Gasteiger partial charge >= 0.3 is 5.97 Å². The largest absolute Gasteiger partial charge is 0.477 e. The van der Waals surface area contributed by atoms with E-state index in [0.29, 0.717) is 37.0 Å². The SMILES string of the molecule is CNC1[C@H]2CN(c3nc4c(cc3F)c(=O)c(C(=O)O)cn4-c3ccc(F)cc3F)C[C@@H]12. The van der Waals surface area contributed by atoms with Crippen molar-refractivity contribution in [3.63, 3.8) is 0 Å². The van der Waals surface area contributed by atoms with Crippen molar-refractivity contribution in [2.45, 2.75) is 6.04 Å². The van der Waals surface area contributed by atoms with Crippen LogP contribution in [0.5, 0.6) is 0 Å². The summed E-state index contributed by atoms with van der Waals surface area (Å²) in [4.78, 5) is 30.3. The normalized spacial score (nSPS) is 22.1. The van der Waals surface area contributed by atoms with Crippen molar-refractivity contribution in [3.05, 3.63) is 63.7 Å². The molecule has 2 N–H and O–H groups in total. The third-order valence-corrected chi connectivity index (χ3v) is 6.14. The number of aromatic nitrogens is 2. The number of carboxylic acid groups (broad SMARTS) is 1. The number of piperidine rings is 1. The van der Waals surface area contributed by atoms with Crippen molar-refractivity contribution >= 4 is 22.8 Å². The number of hydrogen-bond acceptors (Lipinski definition) is 5. The van der Waals surface area contributed by atoms with E-state index in [0.717, 1.165) is 29.0 Å². The van der Waals surface area contributed by atoms with Crippen molar-refractivity contribution in [3.8, 4) is 5.69 Å². The highest BCUT2D eigenvalue weighted by Gasteiger charge is 2.55. The van der Waals surface area contributed by atoms with E-state index in [1.54, 1.807) is 4.90 Å². The van der Waals surface area contributed by atoms with E-state index in [2.05, 4.69) is 10.3 Å². The van der Waals surface area contributed by atoms with E-state index in [-0.39, 0.29) is 22.5 Å².